The van der Waals surface area contributed by atoms with Gasteiger partial charge >= 0.3 is 0 Å². The van der Waals surface area contributed by atoms with Crippen LogP contribution in [0.1, 0.15) is 37.9 Å². The molecule has 1 aromatic heterocycles. The van der Waals surface area contributed by atoms with Crippen LogP contribution in [0, 0.1) is 6.92 Å². The average Bonchev–Trinajstić information content (AvgIpc) is 2.44. The van der Waals surface area contributed by atoms with Gasteiger partial charge in [0.25, 0.3) is 0 Å². The Morgan fingerprint density at radius 3 is 2.43 bits per heavy atom. The highest BCUT2D eigenvalue weighted by atomic mass is 15.1. The molecular formula is C18H25N3. The van der Waals surface area contributed by atoms with Gasteiger partial charge < -0.3 is 4.90 Å². The molecule has 0 saturated heterocycles. The van der Waals surface area contributed by atoms with Crippen molar-refractivity contribution < 1.29 is 0 Å². The van der Waals surface area contributed by atoms with Crippen molar-refractivity contribution in [3.05, 3.63) is 41.9 Å². The van der Waals surface area contributed by atoms with E-state index in [1.807, 2.05) is 13.0 Å². The molecule has 0 atom stereocenters. The Morgan fingerprint density at radius 1 is 1.24 bits per heavy atom. The molecule has 0 amide bonds. The van der Waals surface area contributed by atoms with Gasteiger partial charge in [-0.05, 0) is 31.0 Å². The number of aromatic nitrogens is 2. The molecular weight excluding hydrogens is 258 g/mol. The summed E-state index contributed by atoms with van der Waals surface area (Å²) in [6.07, 6.45) is 2.91. The van der Waals surface area contributed by atoms with Gasteiger partial charge in [-0.25, -0.2) is 9.97 Å². The second-order valence-corrected chi connectivity index (χ2v) is 6.28. The van der Waals surface area contributed by atoms with E-state index in [9.17, 15) is 0 Å². The molecule has 0 unspecified atom stereocenters. The van der Waals surface area contributed by atoms with Gasteiger partial charge in [-0.2, -0.15) is 0 Å². The molecule has 0 saturated carbocycles. The summed E-state index contributed by atoms with van der Waals surface area (Å²) >= 11 is 0. The van der Waals surface area contributed by atoms with Gasteiger partial charge in [0.05, 0.1) is 11.2 Å². The maximum Gasteiger partial charge on any atom is 0.126 e. The van der Waals surface area contributed by atoms with Crippen LogP contribution >= 0.6 is 0 Å². The van der Waals surface area contributed by atoms with E-state index >= 15 is 0 Å². The number of rotatable bonds is 4. The molecule has 0 fully saturated rings. The lowest BCUT2D eigenvalue weighted by molar-refractivity contribution is 0.671. The van der Waals surface area contributed by atoms with Gasteiger partial charge in [-0.15, -0.1) is 6.58 Å². The van der Waals surface area contributed by atoms with Crippen LogP contribution in [0.25, 0.3) is 10.9 Å². The van der Waals surface area contributed by atoms with Gasteiger partial charge in [-0.3, -0.25) is 0 Å². The summed E-state index contributed by atoms with van der Waals surface area (Å²) in [5, 5.41) is 1.15. The van der Waals surface area contributed by atoms with Gasteiger partial charge in [-0.1, -0.05) is 26.8 Å². The average molecular weight is 283 g/mol. The molecule has 0 aliphatic heterocycles. The van der Waals surface area contributed by atoms with E-state index in [4.69, 9.17) is 0 Å². The van der Waals surface area contributed by atoms with Crippen LogP contribution in [0.4, 0.5) is 5.69 Å². The third-order valence-corrected chi connectivity index (χ3v) is 4.03. The van der Waals surface area contributed by atoms with Crippen molar-refractivity contribution in [2.75, 3.05) is 19.0 Å². The van der Waals surface area contributed by atoms with E-state index in [0.29, 0.717) is 0 Å². The van der Waals surface area contributed by atoms with Gasteiger partial charge in [0.15, 0.2) is 0 Å². The summed E-state index contributed by atoms with van der Waals surface area (Å²) in [5.41, 5.74) is 4.49. The van der Waals surface area contributed by atoms with Gasteiger partial charge in [0.1, 0.15) is 5.82 Å². The minimum absolute atomic E-state index is 0.0982. The van der Waals surface area contributed by atoms with Crippen LogP contribution in [0.3, 0.4) is 0 Å². The van der Waals surface area contributed by atoms with Crippen molar-refractivity contribution in [1.29, 1.82) is 0 Å². The molecule has 2 rings (SSSR count). The van der Waals surface area contributed by atoms with Gasteiger partial charge in [0.2, 0.25) is 0 Å². The minimum atomic E-state index is -0.0982. The van der Waals surface area contributed by atoms with Crippen molar-refractivity contribution in [1.82, 2.24) is 9.97 Å². The lowest BCUT2D eigenvalue weighted by atomic mass is 9.82. The number of nitrogens with zero attached hydrogens (tertiary/aromatic N) is 3. The van der Waals surface area contributed by atoms with Crippen LogP contribution < -0.4 is 4.90 Å². The Balaban J connectivity index is 2.86. The number of aryl methyl sites for hydroxylation is 2. The Kier molecular flexibility index (Phi) is 4.04. The highest BCUT2D eigenvalue weighted by Crippen LogP contribution is 2.36. The minimum Gasteiger partial charge on any atom is -0.377 e. The molecule has 0 aliphatic rings. The van der Waals surface area contributed by atoms with E-state index in [2.05, 4.69) is 68.4 Å². The number of hydrogen-bond donors (Lipinski definition) is 0. The van der Waals surface area contributed by atoms with E-state index in [1.54, 1.807) is 0 Å². The fourth-order valence-electron chi connectivity index (χ4n) is 2.62. The van der Waals surface area contributed by atoms with Crippen LogP contribution in [0.15, 0.2) is 24.8 Å². The molecule has 1 aromatic carbocycles. The van der Waals surface area contributed by atoms with E-state index in [1.165, 1.54) is 11.3 Å². The Hall–Kier alpha value is -1.90. The summed E-state index contributed by atoms with van der Waals surface area (Å²) < 4.78 is 0. The van der Waals surface area contributed by atoms with E-state index < -0.39 is 0 Å². The smallest absolute Gasteiger partial charge is 0.126 e. The molecule has 0 bridgehead atoms. The third kappa shape index (κ3) is 2.78. The quantitative estimate of drug-likeness (QED) is 0.793. The van der Waals surface area contributed by atoms with Crippen LogP contribution in [0.5, 0.6) is 0 Å². The highest BCUT2D eigenvalue weighted by molar-refractivity contribution is 5.87. The third-order valence-electron chi connectivity index (χ3n) is 4.03. The number of benzene rings is 1. The summed E-state index contributed by atoms with van der Waals surface area (Å²) in [4.78, 5) is 11.4. The van der Waals surface area contributed by atoms with Crippen molar-refractivity contribution >= 4 is 16.6 Å². The van der Waals surface area contributed by atoms with Crippen LogP contribution in [-0.4, -0.2) is 24.1 Å². The second kappa shape index (κ2) is 5.47. The lowest BCUT2D eigenvalue weighted by Crippen LogP contribution is -2.20. The molecule has 3 nitrogen and oxygen atoms in total. The number of fused-ring (bicyclic) bond motifs is 1. The molecule has 2 aromatic rings. The first-order chi connectivity index (χ1) is 9.80. The predicted molar refractivity (Wildman–Crippen MR) is 91.2 cm³/mol. The topological polar surface area (TPSA) is 29.0 Å². The predicted octanol–water partition coefficient (Wildman–Crippen LogP) is 4.03. The largest absolute Gasteiger partial charge is 0.377 e. The number of allylic oxidation sites excluding steroid dienone is 1. The maximum atomic E-state index is 4.63. The summed E-state index contributed by atoms with van der Waals surface area (Å²) in [6.45, 7) is 12.4. The zero-order valence-electron chi connectivity index (χ0n) is 14.0. The zero-order valence-corrected chi connectivity index (χ0v) is 14.0. The second-order valence-electron chi connectivity index (χ2n) is 6.28. The van der Waals surface area contributed by atoms with Crippen LogP contribution in [0.2, 0.25) is 0 Å². The molecule has 0 spiro atoms. The SMILES string of the molecule is C=CC(C)(C)c1cc2nc(C)nc(CC)c2cc1N(C)C. The van der Waals surface area contributed by atoms with E-state index in [-0.39, 0.29) is 5.41 Å². The molecule has 0 radical (unpaired) electrons. The maximum absolute atomic E-state index is 4.63. The standard InChI is InChI=1S/C18H25N3/c1-8-15-13-10-17(21(6)7)14(18(4,5)9-2)11-16(13)20-12(3)19-15/h9-11H,2,8H2,1,3-7H3. The number of hydrogen-bond acceptors (Lipinski definition) is 3. The highest BCUT2D eigenvalue weighted by Gasteiger charge is 2.22. The first-order valence-corrected chi connectivity index (χ1v) is 7.42. The molecule has 112 valence electrons. The molecule has 21 heavy (non-hydrogen) atoms. The van der Waals surface area contributed by atoms with Crippen molar-refractivity contribution in [3.8, 4) is 0 Å². The molecule has 0 aliphatic carbocycles. The summed E-state index contributed by atoms with van der Waals surface area (Å²) in [6, 6.07) is 4.41. The molecule has 1 heterocycles. The lowest BCUT2D eigenvalue weighted by Gasteiger charge is -2.28. The molecule has 3 heteroatoms. The van der Waals surface area contributed by atoms with E-state index in [0.717, 1.165) is 28.8 Å². The molecule has 0 N–H and O–H groups in total. The first-order valence-electron chi connectivity index (χ1n) is 7.42. The van der Waals surface area contributed by atoms with Gasteiger partial charge in [0, 0.05) is 30.6 Å². The Morgan fingerprint density at radius 2 is 1.90 bits per heavy atom. The zero-order chi connectivity index (χ0) is 15.8. The monoisotopic (exact) mass is 283 g/mol. The number of anilines is 1. The Labute approximate surface area is 127 Å². The van der Waals surface area contributed by atoms with Crippen molar-refractivity contribution in [2.45, 2.75) is 39.5 Å². The summed E-state index contributed by atoms with van der Waals surface area (Å²) in [7, 11) is 4.15. The summed E-state index contributed by atoms with van der Waals surface area (Å²) in [5.74, 6) is 0.833. The van der Waals surface area contributed by atoms with Crippen molar-refractivity contribution in [2.24, 2.45) is 0 Å². The van der Waals surface area contributed by atoms with Crippen LogP contribution in [-0.2, 0) is 11.8 Å². The van der Waals surface area contributed by atoms with Crippen molar-refractivity contribution in [3.63, 3.8) is 0 Å². The fourth-order valence-corrected chi connectivity index (χ4v) is 2.62. The first kappa shape index (κ1) is 15.5. The fraction of sp³-hybridized carbons (Fsp3) is 0.444. The Bertz CT molecular complexity index is 684. The normalized spacial score (nSPS) is 11.7.